The normalized spacial score (nSPS) is 14.4. The average molecular weight is 362 g/mol. The van der Waals surface area contributed by atoms with Crippen molar-refractivity contribution < 1.29 is 14.7 Å². The molecule has 132 valence electrons. The Bertz CT molecular complexity index is 848. The molecular formula is C18H20ClN3O3. The van der Waals surface area contributed by atoms with Crippen molar-refractivity contribution in [3.8, 4) is 0 Å². The van der Waals surface area contributed by atoms with Crippen LogP contribution in [0.2, 0.25) is 5.02 Å². The van der Waals surface area contributed by atoms with E-state index in [-0.39, 0.29) is 22.0 Å². The summed E-state index contributed by atoms with van der Waals surface area (Å²) >= 11 is 5.94. The summed E-state index contributed by atoms with van der Waals surface area (Å²) < 4.78 is 1.92. The van der Waals surface area contributed by atoms with Gasteiger partial charge in [0.25, 0.3) is 5.91 Å². The Morgan fingerprint density at radius 3 is 2.48 bits per heavy atom. The first-order valence-electron chi connectivity index (χ1n) is 8.11. The number of nitrogens with one attached hydrogen (secondary N) is 1. The van der Waals surface area contributed by atoms with E-state index < -0.39 is 5.97 Å². The monoisotopic (exact) mass is 361 g/mol. The standard InChI is InChI=1S/C18H20ClN3O3/c1-18(2,3)22-15(10-4-5-10)9-14(21-22)16(23)20-11-6-7-12(17(24)25)13(19)8-11/h6-10H,4-5H2,1-3H3,(H,20,23)(H,24,25). The number of benzene rings is 1. The van der Waals surface area contributed by atoms with Crippen molar-refractivity contribution in [2.24, 2.45) is 0 Å². The second-order valence-electron chi connectivity index (χ2n) is 7.27. The number of hydrogen-bond donors (Lipinski definition) is 2. The van der Waals surface area contributed by atoms with Crippen LogP contribution in [0.5, 0.6) is 0 Å². The van der Waals surface area contributed by atoms with Crippen LogP contribution in [0, 0.1) is 0 Å². The van der Waals surface area contributed by atoms with E-state index in [9.17, 15) is 9.59 Å². The summed E-state index contributed by atoms with van der Waals surface area (Å²) in [6.07, 6.45) is 2.24. The fourth-order valence-electron chi connectivity index (χ4n) is 2.68. The highest BCUT2D eigenvalue weighted by atomic mass is 35.5. The maximum absolute atomic E-state index is 12.5. The van der Waals surface area contributed by atoms with Crippen molar-refractivity contribution in [1.29, 1.82) is 0 Å². The maximum Gasteiger partial charge on any atom is 0.337 e. The molecule has 0 spiro atoms. The predicted octanol–water partition coefficient (Wildman–Crippen LogP) is 4.12. The first-order chi connectivity index (χ1) is 11.7. The molecule has 0 radical (unpaired) electrons. The van der Waals surface area contributed by atoms with Gasteiger partial charge in [0.05, 0.1) is 16.1 Å². The molecule has 7 heteroatoms. The van der Waals surface area contributed by atoms with Crippen molar-refractivity contribution in [3.05, 3.63) is 46.2 Å². The molecule has 3 rings (SSSR count). The van der Waals surface area contributed by atoms with Gasteiger partial charge in [0.1, 0.15) is 0 Å². The van der Waals surface area contributed by atoms with E-state index in [1.54, 1.807) is 0 Å². The smallest absolute Gasteiger partial charge is 0.337 e. The minimum absolute atomic E-state index is 0.00676. The molecule has 2 N–H and O–H groups in total. The van der Waals surface area contributed by atoms with Gasteiger partial charge in [-0.2, -0.15) is 5.10 Å². The molecule has 1 heterocycles. The van der Waals surface area contributed by atoms with Gasteiger partial charge in [0.2, 0.25) is 0 Å². The van der Waals surface area contributed by atoms with Gasteiger partial charge in [0, 0.05) is 17.3 Å². The van der Waals surface area contributed by atoms with E-state index in [1.165, 1.54) is 18.2 Å². The summed E-state index contributed by atoms with van der Waals surface area (Å²) in [6, 6.07) is 6.14. The van der Waals surface area contributed by atoms with Crippen molar-refractivity contribution in [2.75, 3.05) is 5.32 Å². The van der Waals surface area contributed by atoms with Crippen LogP contribution in [0.3, 0.4) is 0 Å². The Labute approximate surface area is 150 Å². The molecule has 1 fully saturated rings. The van der Waals surface area contributed by atoms with Gasteiger partial charge in [-0.05, 0) is 57.9 Å². The minimum Gasteiger partial charge on any atom is -0.478 e. The Morgan fingerprint density at radius 2 is 1.96 bits per heavy atom. The van der Waals surface area contributed by atoms with Crippen LogP contribution in [0.1, 0.15) is 66.1 Å². The first kappa shape index (κ1) is 17.5. The Balaban J connectivity index is 1.84. The second kappa shape index (κ2) is 6.19. The molecule has 0 unspecified atom stereocenters. The Kier molecular flexibility index (Phi) is 4.33. The topological polar surface area (TPSA) is 84.2 Å². The zero-order valence-electron chi connectivity index (χ0n) is 14.3. The third kappa shape index (κ3) is 3.69. The number of rotatable bonds is 4. The number of hydrogen-bond acceptors (Lipinski definition) is 3. The van der Waals surface area contributed by atoms with E-state index in [2.05, 4.69) is 31.2 Å². The summed E-state index contributed by atoms with van der Waals surface area (Å²) in [7, 11) is 0. The van der Waals surface area contributed by atoms with Gasteiger partial charge in [-0.25, -0.2) is 4.79 Å². The van der Waals surface area contributed by atoms with Crippen molar-refractivity contribution in [1.82, 2.24) is 9.78 Å². The summed E-state index contributed by atoms with van der Waals surface area (Å²) in [4.78, 5) is 23.5. The van der Waals surface area contributed by atoms with E-state index in [1.807, 2.05) is 10.7 Å². The number of amides is 1. The third-order valence-corrected chi connectivity index (χ3v) is 4.37. The molecule has 25 heavy (non-hydrogen) atoms. The fourth-order valence-corrected chi connectivity index (χ4v) is 2.94. The van der Waals surface area contributed by atoms with Crippen LogP contribution in [-0.4, -0.2) is 26.8 Å². The van der Waals surface area contributed by atoms with Crippen molar-refractivity contribution in [3.63, 3.8) is 0 Å². The number of carboxylic acids is 1. The van der Waals surface area contributed by atoms with Crippen LogP contribution in [0.15, 0.2) is 24.3 Å². The molecule has 2 aromatic rings. The van der Waals surface area contributed by atoms with Gasteiger partial charge in [0.15, 0.2) is 5.69 Å². The van der Waals surface area contributed by atoms with E-state index >= 15 is 0 Å². The molecule has 6 nitrogen and oxygen atoms in total. The lowest BCUT2D eigenvalue weighted by Gasteiger charge is -2.22. The Hall–Kier alpha value is -2.34. The van der Waals surface area contributed by atoms with Crippen LogP contribution in [0.25, 0.3) is 0 Å². The predicted molar refractivity (Wildman–Crippen MR) is 95.6 cm³/mol. The zero-order chi connectivity index (χ0) is 18.4. The van der Waals surface area contributed by atoms with Crippen LogP contribution in [-0.2, 0) is 5.54 Å². The van der Waals surface area contributed by atoms with Gasteiger partial charge < -0.3 is 10.4 Å². The quantitative estimate of drug-likeness (QED) is 0.857. The molecule has 0 bridgehead atoms. The number of halogens is 1. The van der Waals surface area contributed by atoms with Gasteiger partial charge in [-0.1, -0.05) is 11.6 Å². The molecule has 0 aliphatic heterocycles. The minimum atomic E-state index is -1.11. The molecule has 1 aliphatic rings. The number of anilines is 1. The number of aromatic carboxylic acids is 1. The number of nitrogens with zero attached hydrogens (tertiary/aromatic N) is 2. The average Bonchev–Trinajstić information content (AvgIpc) is 3.23. The summed E-state index contributed by atoms with van der Waals surface area (Å²) in [6.45, 7) is 6.16. The molecule has 1 saturated carbocycles. The first-order valence-corrected chi connectivity index (χ1v) is 8.49. The van der Waals surface area contributed by atoms with Crippen molar-refractivity contribution in [2.45, 2.75) is 45.1 Å². The van der Waals surface area contributed by atoms with Crippen LogP contribution >= 0.6 is 11.6 Å². The largest absolute Gasteiger partial charge is 0.478 e. The Morgan fingerprint density at radius 1 is 1.28 bits per heavy atom. The lowest BCUT2D eigenvalue weighted by atomic mass is 10.1. The molecular weight excluding hydrogens is 342 g/mol. The maximum atomic E-state index is 12.5. The molecule has 0 atom stereocenters. The number of carbonyl (C=O) groups excluding carboxylic acids is 1. The molecule has 0 saturated heterocycles. The van der Waals surface area contributed by atoms with Crippen molar-refractivity contribution >= 4 is 29.2 Å². The third-order valence-electron chi connectivity index (χ3n) is 4.06. The highest BCUT2D eigenvalue weighted by Crippen LogP contribution is 2.41. The van der Waals surface area contributed by atoms with Gasteiger partial charge in [-0.3, -0.25) is 9.48 Å². The molecule has 1 amide bonds. The second-order valence-corrected chi connectivity index (χ2v) is 7.67. The lowest BCUT2D eigenvalue weighted by Crippen LogP contribution is -2.25. The highest BCUT2D eigenvalue weighted by molar-refractivity contribution is 6.33. The summed E-state index contributed by atoms with van der Waals surface area (Å²) in [5, 5.41) is 16.3. The number of aromatic nitrogens is 2. The molecule has 1 aliphatic carbocycles. The SMILES string of the molecule is CC(C)(C)n1nc(C(=O)Nc2ccc(C(=O)O)c(Cl)c2)cc1C1CC1. The van der Waals surface area contributed by atoms with Crippen LogP contribution < -0.4 is 5.32 Å². The van der Waals surface area contributed by atoms with Gasteiger partial charge >= 0.3 is 5.97 Å². The number of carboxylic acid groups (broad SMARTS) is 1. The highest BCUT2D eigenvalue weighted by Gasteiger charge is 2.32. The summed E-state index contributed by atoms with van der Waals surface area (Å²) in [5.41, 5.74) is 1.64. The van der Waals surface area contributed by atoms with E-state index in [0.29, 0.717) is 17.3 Å². The van der Waals surface area contributed by atoms with Gasteiger partial charge in [-0.15, -0.1) is 0 Å². The molecule has 1 aromatic heterocycles. The van der Waals surface area contributed by atoms with E-state index in [4.69, 9.17) is 16.7 Å². The lowest BCUT2D eigenvalue weighted by molar-refractivity contribution is 0.0697. The zero-order valence-corrected chi connectivity index (χ0v) is 15.1. The molecule has 1 aromatic carbocycles. The number of carbonyl (C=O) groups is 2. The fraction of sp³-hybridized carbons (Fsp3) is 0.389. The van der Waals surface area contributed by atoms with E-state index in [0.717, 1.165) is 18.5 Å². The summed E-state index contributed by atoms with van der Waals surface area (Å²) in [5.74, 6) is -0.984. The van der Waals surface area contributed by atoms with Crippen LogP contribution in [0.4, 0.5) is 5.69 Å².